The monoisotopic (exact) mass is 251 g/mol. The first-order valence-electron chi connectivity index (χ1n) is 5.12. The van der Waals surface area contributed by atoms with Crippen molar-refractivity contribution in [3.8, 4) is 0 Å². The molecule has 0 radical (unpaired) electrons. The van der Waals surface area contributed by atoms with E-state index in [2.05, 4.69) is 4.98 Å². The quantitative estimate of drug-likeness (QED) is 0.835. The fourth-order valence-electron chi connectivity index (χ4n) is 1.45. The molecular weight excluding hydrogens is 238 g/mol. The molecule has 84 valence electrons. The second-order valence-electron chi connectivity index (χ2n) is 3.72. The van der Waals surface area contributed by atoms with Crippen molar-refractivity contribution >= 4 is 28.5 Å². The Hall–Kier alpha value is -1.00. The first-order valence-corrected chi connectivity index (χ1v) is 6.82. The standard InChI is InChI=1S/C12H13NOS2/c1-8-9(2)16-12(13-8)7-10(14)6-11-4-3-5-15-11/h3-5H,6-7H2,1-2H3. The summed E-state index contributed by atoms with van der Waals surface area (Å²) in [6.07, 6.45) is 1.01. The van der Waals surface area contributed by atoms with Crippen LogP contribution in [0.25, 0.3) is 0 Å². The number of hydrogen-bond acceptors (Lipinski definition) is 4. The van der Waals surface area contributed by atoms with Crippen LogP contribution in [0.15, 0.2) is 17.5 Å². The number of Topliss-reactive ketones (excluding diaryl/α,β-unsaturated/α-hetero) is 1. The van der Waals surface area contributed by atoms with Gasteiger partial charge in [-0.2, -0.15) is 0 Å². The Balaban J connectivity index is 1.97. The molecule has 0 aliphatic heterocycles. The van der Waals surface area contributed by atoms with E-state index in [1.54, 1.807) is 22.7 Å². The van der Waals surface area contributed by atoms with E-state index in [9.17, 15) is 4.79 Å². The lowest BCUT2D eigenvalue weighted by atomic mass is 10.2. The van der Waals surface area contributed by atoms with E-state index in [1.807, 2.05) is 31.4 Å². The van der Waals surface area contributed by atoms with Crippen LogP contribution in [-0.4, -0.2) is 10.8 Å². The van der Waals surface area contributed by atoms with Gasteiger partial charge in [-0.1, -0.05) is 6.07 Å². The molecule has 0 atom stereocenters. The Morgan fingerprint density at radius 2 is 2.19 bits per heavy atom. The summed E-state index contributed by atoms with van der Waals surface area (Å²) in [4.78, 5) is 18.5. The molecule has 0 bridgehead atoms. The lowest BCUT2D eigenvalue weighted by Crippen LogP contribution is -2.05. The Kier molecular flexibility index (Phi) is 3.51. The van der Waals surface area contributed by atoms with Gasteiger partial charge in [0.05, 0.1) is 12.1 Å². The summed E-state index contributed by atoms with van der Waals surface area (Å²) in [6, 6.07) is 3.98. The second kappa shape index (κ2) is 4.89. The number of rotatable bonds is 4. The van der Waals surface area contributed by atoms with Crippen LogP contribution >= 0.6 is 22.7 Å². The van der Waals surface area contributed by atoms with Crippen LogP contribution in [0, 0.1) is 13.8 Å². The highest BCUT2D eigenvalue weighted by atomic mass is 32.1. The largest absolute Gasteiger partial charge is 0.299 e. The van der Waals surface area contributed by atoms with E-state index in [-0.39, 0.29) is 5.78 Å². The van der Waals surface area contributed by atoms with Gasteiger partial charge in [0.1, 0.15) is 10.8 Å². The van der Waals surface area contributed by atoms with Crippen molar-refractivity contribution in [3.63, 3.8) is 0 Å². The molecule has 2 aromatic heterocycles. The summed E-state index contributed by atoms with van der Waals surface area (Å²) in [6.45, 7) is 4.03. The average Bonchev–Trinajstić information content (AvgIpc) is 2.78. The van der Waals surface area contributed by atoms with E-state index < -0.39 is 0 Å². The van der Waals surface area contributed by atoms with Gasteiger partial charge in [-0.15, -0.1) is 22.7 Å². The van der Waals surface area contributed by atoms with Gasteiger partial charge in [-0.3, -0.25) is 4.79 Å². The molecule has 0 aliphatic carbocycles. The molecule has 0 saturated heterocycles. The number of hydrogen-bond donors (Lipinski definition) is 0. The number of carbonyl (C=O) groups excluding carboxylic acids is 1. The summed E-state index contributed by atoms with van der Waals surface area (Å²) in [5.41, 5.74) is 1.05. The minimum absolute atomic E-state index is 0.246. The SMILES string of the molecule is Cc1nc(CC(=O)Cc2cccs2)sc1C. The van der Waals surface area contributed by atoms with E-state index in [1.165, 1.54) is 4.88 Å². The van der Waals surface area contributed by atoms with E-state index in [0.717, 1.165) is 15.6 Å². The normalized spacial score (nSPS) is 10.6. The van der Waals surface area contributed by atoms with Crippen LogP contribution in [-0.2, 0) is 17.6 Å². The molecule has 0 N–H and O–H groups in total. The van der Waals surface area contributed by atoms with Gasteiger partial charge in [-0.05, 0) is 25.3 Å². The highest BCUT2D eigenvalue weighted by Crippen LogP contribution is 2.18. The minimum atomic E-state index is 0.246. The lowest BCUT2D eigenvalue weighted by Gasteiger charge is -1.95. The van der Waals surface area contributed by atoms with Crippen LogP contribution in [0.4, 0.5) is 0 Å². The molecular formula is C12H13NOS2. The molecule has 4 heteroatoms. The lowest BCUT2D eigenvalue weighted by molar-refractivity contribution is -0.117. The molecule has 0 fully saturated rings. The van der Waals surface area contributed by atoms with Crippen LogP contribution in [0.2, 0.25) is 0 Å². The van der Waals surface area contributed by atoms with Gasteiger partial charge in [0.25, 0.3) is 0 Å². The number of nitrogens with zero attached hydrogens (tertiary/aromatic N) is 1. The molecule has 0 spiro atoms. The first kappa shape index (κ1) is 11.5. The zero-order valence-electron chi connectivity index (χ0n) is 9.32. The van der Waals surface area contributed by atoms with Crippen molar-refractivity contribution in [2.45, 2.75) is 26.7 Å². The van der Waals surface area contributed by atoms with Crippen molar-refractivity contribution < 1.29 is 4.79 Å². The fourth-order valence-corrected chi connectivity index (χ4v) is 3.15. The number of aryl methyl sites for hydroxylation is 2. The number of thiophene rings is 1. The Morgan fingerprint density at radius 3 is 2.75 bits per heavy atom. The van der Waals surface area contributed by atoms with Crippen LogP contribution < -0.4 is 0 Å². The molecule has 0 saturated carbocycles. The Bertz CT molecular complexity index is 466. The predicted octanol–water partition coefficient (Wildman–Crippen LogP) is 3.18. The molecule has 2 aromatic rings. The summed E-state index contributed by atoms with van der Waals surface area (Å²) in [7, 11) is 0. The highest BCUT2D eigenvalue weighted by molar-refractivity contribution is 7.11. The topological polar surface area (TPSA) is 30.0 Å². The second-order valence-corrected chi connectivity index (χ2v) is 6.04. The van der Waals surface area contributed by atoms with Crippen molar-refractivity contribution in [1.29, 1.82) is 0 Å². The zero-order chi connectivity index (χ0) is 11.5. The third kappa shape index (κ3) is 2.77. The van der Waals surface area contributed by atoms with Crippen molar-refractivity contribution in [3.05, 3.63) is 38.0 Å². The molecule has 0 unspecified atom stereocenters. The molecule has 0 amide bonds. The van der Waals surface area contributed by atoms with E-state index in [0.29, 0.717) is 12.8 Å². The maximum absolute atomic E-state index is 11.8. The molecule has 2 heterocycles. The van der Waals surface area contributed by atoms with E-state index >= 15 is 0 Å². The van der Waals surface area contributed by atoms with Gasteiger partial charge >= 0.3 is 0 Å². The zero-order valence-corrected chi connectivity index (χ0v) is 11.0. The third-order valence-electron chi connectivity index (χ3n) is 2.37. The van der Waals surface area contributed by atoms with Crippen LogP contribution in [0.1, 0.15) is 20.5 Å². The minimum Gasteiger partial charge on any atom is -0.299 e. The Labute approximate surface area is 103 Å². The first-order chi connectivity index (χ1) is 7.65. The van der Waals surface area contributed by atoms with Crippen molar-refractivity contribution in [2.75, 3.05) is 0 Å². The van der Waals surface area contributed by atoms with Crippen molar-refractivity contribution in [2.24, 2.45) is 0 Å². The van der Waals surface area contributed by atoms with Gasteiger partial charge in [0.15, 0.2) is 0 Å². The summed E-state index contributed by atoms with van der Waals surface area (Å²) >= 11 is 3.26. The maximum atomic E-state index is 11.8. The fraction of sp³-hybridized carbons (Fsp3) is 0.333. The molecule has 16 heavy (non-hydrogen) atoms. The molecule has 2 nitrogen and oxygen atoms in total. The van der Waals surface area contributed by atoms with Gasteiger partial charge in [0, 0.05) is 16.2 Å². The predicted molar refractivity (Wildman–Crippen MR) is 68.3 cm³/mol. The number of ketones is 1. The number of aromatic nitrogens is 1. The summed E-state index contributed by atoms with van der Waals surface area (Å²) in [5.74, 6) is 0.246. The maximum Gasteiger partial charge on any atom is 0.144 e. The number of carbonyl (C=O) groups is 1. The third-order valence-corrected chi connectivity index (χ3v) is 4.32. The molecule has 2 rings (SSSR count). The Morgan fingerprint density at radius 1 is 1.38 bits per heavy atom. The van der Waals surface area contributed by atoms with E-state index in [4.69, 9.17) is 0 Å². The summed E-state index contributed by atoms with van der Waals surface area (Å²) in [5, 5.41) is 2.94. The summed E-state index contributed by atoms with van der Waals surface area (Å²) < 4.78 is 0. The molecule has 0 aliphatic rings. The average molecular weight is 251 g/mol. The number of thiazole rings is 1. The smallest absolute Gasteiger partial charge is 0.144 e. The van der Waals surface area contributed by atoms with Crippen LogP contribution in [0.3, 0.4) is 0 Å². The van der Waals surface area contributed by atoms with Crippen molar-refractivity contribution in [1.82, 2.24) is 4.98 Å². The van der Waals surface area contributed by atoms with Crippen LogP contribution in [0.5, 0.6) is 0 Å². The molecule has 0 aromatic carbocycles. The highest BCUT2D eigenvalue weighted by Gasteiger charge is 2.10. The van der Waals surface area contributed by atoms with Gasteiger partial charge < -0.3 is 0 Å². The van der Waals surface area contributed by atoms with Gasteiger partial charge in [0.2, 0.25) is 0 Å². The van der Waals surface area contributed by atoms with Gasteiger partial charge in [-0.25, -0.2) is 4.98 Å².